The third-order valence-electron chi connectivity index (χ3n) is 2.38. The molecule has 0 fully saturated rings. The summed E-state index contributed by atoms with van der Waals surface area (Å²) in [5.74, 6) is -2.33. The normalized spacial score (nSPS) is 11.2. The van der Waals surface area contributed by atoms with Gasteiger partial charge >= 0.3 is 5.97 Å². The molecule has 0 unspecified atom stereocenters. The third kappa shape index (κ3) is 4.44. The van der Waals surface area contributed by atoms with Gasteiger partial charge in [-0.2, -0.15) is 0 Å². The Hall–Kier alpha value is -1.59. The highest BCUT2D eigenvalue weighted by atomic mass is 35.5. The topological polar surface area (TPSA) is 46.6 Å². The van der Waals surface area contributed by atoms with Crippen molar-refractivity contribution >= 4 is 35.0 Å². The average Bonchev–Trinajstić information content (AvgIpc) is 2.39. The lowest BCUT2D eigenvalue weighted by atomic mass is 10.0. The standard InChI is InChI=1S/C14H14Cl2FNO3/c1-4-21-14(20)9(7-18(2)3)13(19)8-5-12(17)11(16)6-10(8)15/h5-7H,4H2,1-3H3. The smallest absolute Gasteiger partial charge is 0.343 e. The first-order valence-corrected chi connectivity index (χ1v) is 6.78. The highest BCUT2D eigenvalue weighted by molar-refractivity contribution is 6.39. The molecule has 0 N–H and O–H groups in total. The van der Waals surface area contributed by atoms with Crippen molar-refractivity contribution in [1.82, 2.24) is 4.90 Å². The van der Waals surface area contributed by atoms with Gasteiger partial charge in [0.15, 0.2) is 0 Å². The zero-order valence-corrected chi connectivity index (χ0v) is 13.3. The van der Waals surface area contributed by atoms with Gasteiger partial charge < -0.3 is 9.64 Å². The van der Waals surface area contributed by atoms with Crippen LogP contribution in [0.25, 0.3) is 0 Å². The van der Waals surface area contributed by atoms with E-state index < -0.39 is 17.6 Å². The minimum atomic E-state index is -0.803. The van der Waals surface area contributed by atoms with Gasteiger partial charge in [-0.3, -0.25) is 4.79 Å². The SMILES string of the molecule is CCOC(=O)C(=CN(C)C)C(=O)c1cc(F)c(Cl)cc1Cl. The molecule has 0 spiro atoms. The molecule has 7 heteroatoms. The van der Waals surface area contributed by atoms with Crippen LogP contribution < -0.4 is 0 Å². The molecule has 0 aliphatic rings. The summed E-state index contributed by atoms with van der Waals surface area (Å²) in [5.41, 5.74) is -0.398. The first-order chi connectivity index (χ1) is 9.77. The van der Waals surface area contributed by atoms with Crippen molar-refractivity contribution in [2.24, 2.45) is 0 Å². The fourth-order valence-corrected chi connectivity index (χ4v) is 1.98. The minimum Gasteiger partial charge on any atom is -0.462 e. The summed E-state index contributed by atoms with van der Waals surface area (Å²) in [6.45, 7) is 1.73. The van der Waals surface area contributed by atoms with Crippen molar-refractivity contribution in [3.05, 3.63) is 45.3 Å². The molecule has 114 valence electrons. The van der Waals surface area contributed by atoms with E-state index in [1.54, 1.807) is 21.0 Å². The number of esters is 1. The Bertz CT molecular complexity index is 600. The number of ether oxygens (including phenoxy) is 1. The molecule has 21 heavy (non-hydrogen) atoms. The molecule has 0 bridgehead atoms. The predicted molar refractivity (Wildman–Crippen MR) is 79.2 cm³/mol. The Balaban J connectivity index is 3.30. The van der Waals surface area contributed by atoms with E-state index in [2.05, 4.69) is 0 Å². The van der Waals surface area contributed by atoms with Crippen molar-refractivity contribution in [3.63, 3.8) is 0 Å². The predicted octanol–water partition coefficient (Wildman–Crippen LogP) is 3.32. The van der Waals surface area contributed by atoms with Crippen molar-refractivity contribution in [1.29, 1.82) is 0 Å². The van der Waals surface area contributed by atoms with E-state index in [4.69, 9.17) is 27.9 Å². The fraction of sp³-hybridized carbons (Fsp3) is 0.286. The van der Waals surface area contributed by atoms with E-state index in [-0.39, 0.29) is 27.8 Å². The average molecular weight is 334 g/mol. The van der Waals surface area contributed by atoms with E-state index in [0.29, 0.717) is 0 Å². The van der Waals surface area contributed by atoms with Gasteiger partial charge in [-0.15, -0.1) is 0 Å². The number of carbonyl (C=O) groups is 2. The van der Waals surface area contributed by atoms with Crippen molar-refractivity contribution in [3.8, 4) is 0 Å². The van der Waals surface area contributed by atoms with Crippen LogP contribution in [0.1, 0.15) is 17.3 Å². The second-order valence-electron chi connectivity index (χ2n) is 4.30. The van der Waals surface area contributed by atoms with Crippen LogP contribution >= 0.6 is 23.2 Å². The molecule has 0 amide bonds. The molecular formula is C14H14Cl2FNO3. The van der Waals surface area contributed by atoms with E-state index in [0.717, 1.165) is 12.1 Å². The fourth-order valence-electron chi connectivity index (χ4n) is 1.51. The molecular weight excluding hydrogens is 320 g/mol. The lowest BCUT2D eigenvalue weighted by Gasteiger charge is -2.11. The number of carbonyl (C=O) groups excluding carboxylic acids is 2. The number of hydrogen-bond acceptors (Lipinski definition) is 4. The van der Waals surface area contributed by atoms with Crippen molar-refractivity contribution in [2.75, 3.05) is 20.7 Å². The molecule has 0 heterocycles. The van der Waals surface area contributed by atoms with Crippen LogP contribution in [0, 0.1) is 5.82 Å². The number of nitrogens with zero attached hydrogens (tertiary/aromatic N) is 1. The van der Waals surface area contributed by atoms with Gasteiger partial charge in [0, 0.05) is 25.9 Å². The molecule has 1 aromatic rings. The summed E-state index contributed by atoms with van der Waals surface area (Å²) >= 11 is 11.5. The largest absolute Gasteiger partial charge is 0.462 e. The highest BCUT2D eigenvalue weighted by Gasteiger charge is 2.24. The summed E-state index contributed by atoms with van der Waals surface area (Å²) in [7, 11) is 3.27. The molecule has 0 aliphatic heterocycles. The summed E-state index contributed by atoms with van der Waals surface area (Å²) < 4.78 is 18.3. The second-order valence-corrected chi connectivity index (χ2v) is 5.12. The summed E-state index contributed by atoms with van der Waals surface area (Å²) in [4.78, 5) is 25.8. The summed E-state index contributed by atoms with van der Waals surface area (Å²) in [5, 5.41) is -0.244. The molecule has 0 atom stereocenters. The number of benzene rings is 1. The van der Waals surface area contributed by atoms with Gasteiger partial charge in [-0.25, -0.2) is 9.18 Å². The number of rotatable bonds is 5. The first-order valence-electron chi connectivity index (χ1n) is 6.02. The lowest BCUT2D eigenvalue weighted by Crippen LogP contribution is -2.20. The minimum absolute atomic E-state index is 0.0413. The van der Waals surface area contributed by atoms with E-state index in [1.165, 1.54) is 11.1 Å². The van der Waals surface area contributed by atoms with E-state index in [9.17, 15) is 14.0 Å². The third-order valence-corrected chi connectivity index (χ3v) is 2.98. The number of hydrogen-bond donors (Lipinski definition) is 0. The molecule has 1 rings (SSSR count). The Morgan fingerprint density at radius 3 is 2.43 bits per heavy atom. The number of Topliss-reactive ketones (excluding diaryl/α,β-unsaturated/α-hetero) is 1. The molecule has 0 aliphatic carbocycles. The lowest BCUT2D eigenvalue weighted by molar-refractivity contribution is -0.138. The van der Waals surface area contributed by atoms with Crippen LogP contribution in [0.4, 0.5) is 4.39 Å². The van der Waals surface area contributed by atoms with Crippen LogP contribution in [0.15, 0.2) is 23.9 Å². The molecule has 1 aromatic carbocycles. The van der Waals surface area contributed by atoms with Crippen molar-refractivity contribution in [2.45, 2.75) is 6.92 Å². The van der Waals surface area contributed by atoms with Gasteiger partial charge in [0.05, 0.1) is 16.7 Å². The zero-order chi connectivity index (χ0) is 16.2. The Kier molecular flexibility index (Phi) is 6.18. The van der Waals surface area contributed by atoms with Crippen molar-refractivity contribution < 1.29 is 18.7 Å². The molecule has 0 saturated heterocycles. The maximum atomic E-state index is 13.5. The van der Waals surface area contributed by atoms with Gasteiger partial charge in [0.1, 0.15) is 11.4 Å². The van der Waals surface area contributed by atoms with Gasteiger partial charge in [-0.1, -0.05) is 23.2 Å². The van der Waals surface area contributed by atoms with Gasteiger partial charge in [0.25, 0.3) is 0 Å². The van der Waals surface area contributed by atoms with Crippen LogP contribution in [0.3, 0.4) is 0 Å². The molecule has 4 nitrogen and oxygen atoms in total. The van der Waals surface area contributed by atoms with E-state index >= 15 is 0 Å². The number of ketones is 1. The van der Waals surface area contributed by atoms with Crippen LogP contribution in [-0.4, -0.2) is 37.4 Å². The maximum absolute atomic E-state index is 13.5. The monoisotopic (exact) mass is 333 g/mol. The van der Waals surface area contributed by atoms with Crippen LogP contribution in [-0.2, 0) is 9.53 Å². The number of halogens is 3. The van der Waals surface area contributed by atoms with Gasteiger partial charge in [0.2, 0.25) is 5.78 Å². The second kappa shape index (κ2) is 7.43. The molecule has 0 aromatic heterocycles. The maximum Gasteiger partial charge on any atom is 0.343 e. The molecule has 0 radical (unpaired) electrons. The summed E-state index contributed by atoms with van der Waals surface area (Å²) in [6.07, 6.45) is 1.29. The van der Waals surface area contributed by atoms with E-state index in [1.807, 2.05) is 0 Å². The zero-order valence-electron chi connectivity index (χ0n) is 11.7. The van der Waals surface area contributed by atoms with Crippen LogP contribution in [0.5, 0.6) is 0 Å². The quantitative estimate of drug-likeness (QED) is 0.207. The molecule has 0 saturated carbocycles. The highest BCUT2D eigenvalue weighted by Crippen LogP contribution is 2.26. The van der Waals surface area contributed by atoms with Crippen LogP contribution in [0.2, 0.25) is 10.0 Å². The Labute approximate surface area is 132 Å². The van der Waals surface area contributed by atoms with Gasteiger partial charge in [-0.05, 0) is 19.1 Å². The Morgan fingerprint density at radius 2 is 1.90 bits per heavy atom. The first kappa shape index (κ1) is 17.5. The Morgan fingerprint density at radius 1 is 1.29 bits per heavy atom. The summed E-state index contributed by atoms with van der Waals surface area (Å²) in [6, 6.07) is 2.01.